The Morgan fingerprint density at radius 2 is 1.86 bits per heavy atom. The van der Waals surface area contributed by atoms with E-state index in [1.54, 1.807) is 12.4 Å². The van der Waals surface area contributed by atoms with Crippen LogP contribution in [-0.4, -0.2) is 15.1 Å². The number of fused-ring (bicyclic) bond motifs is 4. The number of nitrogens with zero attached hydrogens (tertiary/aromatic N) is 2. The first-order valence-corrected chi connectivity index (χ1v) is 11.0. The lowest BCUT2D eigenvalue weighted by Gasteiger charge is -2.33. The summed E-state index contributed by atoms with van der Waals surface area (Å²) in [6.45, 7) is 7.04. The third-order valence-corrected chi connectivity index (χ3v) is 7.38. The number of nitrogens with one attached hydrogen (secondary N) is 1. The first kappa shape index (κ1) is 18.4. The van der Waals surface area contributed by atoms with Crippen molar-refractivity contribution < 1.29 is 5.11 Å². The minimum atomic E-state index is 0.292. The highest BCUT2D eigenvalue weighted by Crippen LogP contribution is 2.44. The van der Waals surface area contributed by atoms with E-state index >= 15 is 0 Å². The molecule has 0 saturated heterocycles. The number of aryl methyl sites for hydroxylation is 1. The molecule has 0 bridgehead atoms. The highest BCUT2D eigenvalue weighted by Gasteiger charge is 2.31. The number of hydrogen-bond donors (Lipinski definition) is 2. The van der Waals surface area contributed by atoms with Gasteiger partial charge in [0, 0.05) is 21.3 Å². The zero-order valence-electron chi connectivity index (χ0n) is 17.0. The number of phenols is 1. The van der Waals surface area contributed by atoms with Crippen molar-refractivity contribution in [2.24, 2.45) is 11.3 Å². The van der Waals surface area contributed by atoms with E-state index in [2.05, 4.69) is 36.1 Å². The van der Waals surface area contributed by atoms with Crippen LogP contribution in [-0.2, 0) is 12.8 Å². The Morgan fingerprint density at radius 3 is 2.69 bits per heavy atom. The fourth-order valence-electron chi connectivity index (χ4n) is 4.47. The lowest BCUT2D eigenvalue weighted by atomic mass is 9.72. The first-order chi connectivity index (χ1) is 13.9. The second-order valence-electron chi connectivity index (χ2n) is 9.01. The largest absolute Gasteiger partial charge is 0.507 e. The molecule has 0 radical (unpaired) electrons. The number of benzene rings is 2. The smallest absolute Gasteiger partial charge is 0.142 e. The van der Waals surface area contributed by atoms with Crippen molar-refractivity contribution in [3.05, 3.63) is 53.2 Å². The highest BCUT2D eigenvalue weighted by atomic mass is 32.1. The SMILES string of the molecule is CC(C)(C)C1CCc2c(sc3ncnc(Nc4cccc5c(O)cccc45)c23)C1. The third kappa shape index (κ3) is 3.14. The molecule has 0 amide bonds. The van der Waals surface area contributed by atoms with Crippen molar-refractivity contribution in [3.63, 3.8) is 0 Å². The molecular formula is C24H25N3OS. The summed E-state index contributed by atoms with van der Waals surface area (Å²) in [5.74, 6) is 1.85. The Morgan fingerprint density at radius 1 is 1.07 bits per heavy atom. The van der Waals surface area contributed by atoms with Gasteiger partial charge in [-0.15, -0.1) is 11.3 Å². The minimum Gasteiger partial charge on any atom is -0.507 e. The number of rotatable bonds is 2. The maximum Gasteiger partial charge on any atom is 0.142 e. The summed E-state index contributed by atoms with van der Waals surface area (Å²) in [7, 11) is 0. The zero-order valence-corrected chi connectivity index (χ0v) is 17.8. The van der Waals surface area contributed by atoms with Gasteiger partial charge in [0.05, 0.1) is 5.39 Å². The molecule has 0 spiro atoms. The van der Waals surface area contributed by atoms with E-state index in [1.807, 2.05) is 41.7 Å². The van der Waals surface area contributed by atoms with Gasteiger partial charge in [-0.2, -0.15) is 0 Å². The standard InChI is InChI=1S/C24H25N3OS/c1-24(2,3)14-10-11-17-20(12-14)29-23-21(17)22(25-13-26-23)27-18-8-4-7-16-15(18)6-5-9-19(16)28/h4-9,13-14,28H,10-12H2,1-3H3,(H,25,26,27). The molecule has 2 aromatic heterocycles. The highest BCUT2D eigenvalue weighted by molar-refractivity contribution is 7.19. The molecule has 0 aliphatic heterocycles. The molecule has 1 aliphatic carbocycles. The normalized spacial score (nSPS) is 16.9. The van der Waals surface area contributed by atoms with Crippen LogP contribution in [0.1, 0.15) is 37.6 Å². The molecule has 2 N–H and O–H groups in total. The van der Waals surface area contributed by atoms with E-state index in [1.165, 1.54) is 16.9 Å². The summed E-state index contributed by atoms with van der Waals surface area (Å²) >= 11 is 1.82. The molecular weight excluding hydrogens is 378 g/mol. The predicted molar refractivity (Wildman–Crippen MR) is 121 cm³/mol. The summed E-state index contributed by atoms with van der Waals surface area (Å²) in [6, 6.07) is 11.5. The number of aromatic hydroxyl groups is 1. The number of thiophene rings is 1. The van der Waals surface area contributed by atoms with Gasteiger partial charge in [0.25, 0.3) is 0 Å². The van der Waals surface area contributed by atoms with Crippen molar-refractivity contribution >= 4 is 43.8 Å². The number of phenolic OH excluding ortho intramolecular Hbond substituents is 1. The van der Waals surface area contributed by atoms with Crippen molar-refractivity contribution in [3.8, 4) is 5.75 Å². The Hall–Kier alpha value is -2.66. The van der Waals surface area contributed by atoms with Crippen LogP contribution in [0.4, 0.5) is 11.5 Å². The first-order valence-electron chi connectivity index (χ1n) is 10.1. The van der Waals surface area contributed by atoms with Crippen LogP contribution in [0, 0.1) is 11.3 Å². The van der Waals surface area contributed by atoms with Crippen LogP contribution in [0.25, 0.3) is 21.0 Å². The molecule has 2 aromatic carbocycles. The van der Waals surface area contributed by atoms with E-state index < -0.39 is 0 Å². The maximum absolute atomic E-state index is 10.2. The van der Waals surface area contributed by atoms with Gasteiger partial charge >= 0.3 is 0 Å². The summed E-state index contributed by atoms with van der Waals surface area (Å²) in [6.07, 6.45) is 5.06. The molecule has 0 saturated carbocycles. The van der Waals surface area contributed by atoms with Gasteiger partial charge in [-0.1, -0.05) is 45.0 Å². The lowest BCUT2D eigenvalue weighted by molar-refractivity contribution is 0.218. The predicted octanol–water partition coefficient (Wildman–Crippen LogP) is 6.44. The molecule has 29 heavy (non-hydrogen) atoms. The number of anilines is 2. The molecule has 2 heterocycles. The molecule has 4 aromatic rings. The van der Waals surface area contributed by atoms with Crippen LogP contribution in [0.3, 0.4) is 0 Å². The summed E-state index contributed by atoms with van der Waals surface area (Å²) < 4.78 is 0. The van der Waals surface area contributed by atoms with E-state index in [0.717, 1.165) is 45.3 Å². The van der Waals surface area contributed by atoms with E-state index in [0.29, 0.717) is 17.1 Å². The van der Waals surface area contributed by atoms with Crippen molar-refractivity contribution in [1.29, 1.82) is 0 Å². The number of aromatic nitrogens is 2. The van der Waals surface area contributed by atoms with E-state index in [-0.39, 0.29) is 0 Å². The average molecular weight is 404 g/mol. The van der Waals surface area contributed by atoms with Crippen LogP contribution in [0.2, 0.25) is 0 Å². The van der Waals surface area contributed by atoms with Gasteiger partial charge in [-0.05, 0) is 48.3 Å². The fraction of sp³-hybridized carbons (Fsp3) is 0.333. The quantitative estimate of drug-likeness (QED) is 0.404. The Kier molecular flexibility index (Phi) is 4.24. The Bertz CT molecular complexity index is 1220. The van der Waals surface area contributed by atoms with Crippen LogP contribution < -0.4 is 5.32 Å². The van der Waals surface area contributed by atoms with E-state index in [9.17, 15) is 5.11 Å². The zero-order chi connectivity index (χ0) is 20.2. The molecule has 1 atom stereocenters. The second-order valence-corrected chi connectivity index (χ2v) is 10.1. The molecule has 5 heteroatoms. The molecule has 4 nitrogen and oxygen atoms in total. The van der Waals surface area contributed by atoms with Crippen LogP contribution in [0.15, 0.2) is 42.7 Å². The van der Waals surface area contributed by atoms with Gasteiger partial charge in [-0.3, -0.25) is 0 Å². The summed E-state index contributed by atoms with van der Waals surface area (Å²) in [4.78, 5) is 11.7. The van der Waals surface area contributed by atoms with Gasteiger partial charge in [-0.25, -0.2) is 9.97 Å². The maximum atomic E-state index is 10.2. The monoisotopic (exact) mass is 403 g/mol. The van der Waals surface area contributed by atoms with Gasteiger partial charge in [0.15, 0.2) is 0 Å². The summed E-state index contributed by atoms with van der Waals surface area (Å²) in [5.41, 5.74) is 2.68. The van der Waals surface area contributed by atoms with Crippen molar-refractivity contribution in [1.82, 2.24) is 9.97 Å². The topological polar surface area (TPSA) is 58.0 Å². The fourth-order valence-corrected chi connectivity index (χ4v) is 5.74. The molecule has 1 unspecified atom stereocenters. The van der Waals surface area contributed by atoms with Gasteiger partial charge in [0.1, 0.15) is 22.7 Å². The third-order valence-electron chi connectivity index (χ3n) is 6.22. The van der Waals surface area contributed by atoms with E-state index in [4.69, 9.17) is 0 Å². The molecule has 0 fully saturated rings. The Balaban J connectivity index is 1.60. The van der Waals surface area contributed by atoms with Crippen LogP contribution >= 0.6 is 11.3 Å². The lowest BCUT2D eigenvalue weighted by Crippen LogP contribution is -2.26. The molecule has 5 rings (SSSR count). The van der Waals surface area contributed by atoms with Crippen molar-refractivity contribution in [2.45, 2.75) is 40.0 Å². The van der Waals surface area contributed by atoms with Gasteiger partial charge in [0.2, 0.25) is 0 Å². The van der Waals surface area contributed by atoms with Gasteiger partial charge < -0.3 is 10.4 Å². The summed E-state index contributed by atoms with van der Waals surface area (Å²) in [5, 5.41) is 16.7. The molecule has 1 aliphatic rings. The number of hydrogen-bond acceptors (Lipinski definition) is 5. The average Bonchev–Trinajstić information content (AvgIpc) is 3.07. The molecule has 148 valence electrons. The minimum absolute atomic E-state index is 0.292. The van der Waals surface area contributed by atoms with Crippen LogP contribution in [0.5, 0.6) is 5.75 Å². The second kappa shape index (κ2) is 6.70. The Labute approximate surface area is 174 Å². The van der Waals surface area contributed by atoms with Crippen molar-refractivity contribution in [2.75, 3.05) is 5.32 Å².